The molecule has 0 spiro atoms. The van der Waals surface area contributed by atoms with Gasteiger partial charge in [-0.05, 0) is 0 Å². The van der Waals surface area contributed by atoms with Crippen molar-refractivity contribution in [2.75, 3.05) is 0 Å². The molecule has 4 heteroatoms. The van der Waals surface area contributed by atoms with E-state index in [0.717, 1.165) is 18.3 Å². The molecule has 0 unspecified atom stereocenters. The molecule has 0 saturated carbocycles. The van der Waals surface area contributed by atoms with Crippen LogP contribution in [0.2, 0.25) is 12.1 Å². The fourth-order valence-electron chi connectivity index (χ4n) is 6.12. The summed E-state index contributed by atoms with van der Waals surface area (Å²) in [5.41, 5.74) is 9.39. The van der Waals surface area contributed by atoms with Crippen molar-refractivity contribution in [3.05, 3.63) is 74.1 Å². The van der Waals surface area contributed by atoms with Crippen molar-refractivity contribution in [1.82, 2.24) is 0 Å². The van der Waals surface area contributed by atoms with E-state index in [2.05, 4.69) is 118 Å². The molecule has 4 rings (SSSR count). The summed E-state index contributed by atoms with van der Waals surface area (Å²) in [5, 5.41) is 0. The summed E-state index contributed by atoms with van der Waals surface area (Å²) >= 11 is -2.13. The van der Waals surface area contributed by atoms with E-state index in [1.807, 2.05) is 6.55 Å². The SMILES string of the molecule is CC(C)C[Si](CC(C)C)=[Zr+2]([C]1=CC=CC1)[c]1c(C(C)(C)C)ccc2c1Cc1cc(C(C)(C)C)ccc1-2.[Cl-].[Cl-]. The average Bonchev–Trinajstić information content (AvgIpc) is 3.39. The maximum Gasteiger partial charge on any atom is -1.00 e. The van der Waals surface area contributed by atoms with Crippen LogP contribution in [0.25, 0.3) is 11.1 Å². The second-order valence-corrected chi connectivity index (χ2v) is 28.9. The molecule has 0 fully saturated rings. The van der Waals surface area contributed by atoms with Crippen molar-refractivity contribution in [3.8, 4) is 11.1 Å². The molecule has 0 heterocycles. The second-order valence-electron chi connectivity index (χ2n) is 14.1. The van der Waals surface area contributed by atoms with Crippen LogP contribution in [0.4, 0.5) is 0 Å². The molecule has 0 amide bonds. The van der Waals surface area contributed by atoms with Gasteiger partial charge in [-0.2, -0.15) is 0 Å². The second kappa shape index (κ2) is 13.1. The molecule has 0 nitrogen and oxygen atoms in total. The summed E-state index contributed by atoms with van der Waals surface area (Å²) < 4.78 is 3.78. The van der Waals surface area contributed by atoms with Gasteiger partial charge in [-0.25, -0.2) is 0 Å². The Kier molecular flexibility index (Phi) is 11.6. The monoisotopic (exact) mass is 644 g/mol. The van der Waals surface area contributed by atoms with Crippen LogP contribution in [0.1, 0.15) is 97.9 Å². The Balaban J connectivity index is 0.00000253. The molecule has 0 radical (unpaired) electrons. The molecular weight excluding hydrogens is 599 g/mol. The summed E-state index contributed by atoms with van der Waals surface area (Å²) in [4.78, 5) is 0. The molecule has 2 aromatic rings. The number of hydrogen-bond donors (Lipinski definition) is 0. The van der Waals surface area contributed by atoms with Crippen LogP contribution in [0.5, 0.6) is 0 Å². The largest absolute Gasteiger partial charge is 1.00 e. The van der Waals surface area contributed by atoms with Crippen molar-refractivity contribution >= 4 is 8.70 Å². The number of fused-ring (bicyclic) bond motifs is 3. The van der Waals surface area contributed by atoms with Gasteiger partial charge in [-0.3, -0.25) is 0 Å². The van der Waals surface area contributed by atoms with Crippen molar-refractivity contribution in [2.45, 2.75) is 105 Å². The van der Waals surface area contributed by atoms with Gasteiger partial charge in [-0.1, -0.05) is 0 Å². The van der Waals surface area contributed by atoms with Crippen LogP contribution < -0.4 is 28.1 Å². The molecule has 0 atom stereocenters. The first-order valence-corrected chi connectivity index (χ1v) is 22.2. The topological polar surface area (TPSA) is 0 Å². The number of benzene rings is 2. The van der Waals surface area contributed by atoms with E-state index in [-0.39, 0.29) is 35.6 Å². The van der Waals surface area contributed by atoms with E-state index in [1.54, 1.807) is 22.3 Å². The minimum atomic E-state index is -2.13. The first-order valence-electron chi connectivity index (χ1n) is 14.2. The van der Waals surface area contributed by atoms with Gasteiger partial charge in [0.05, 0.1) is 0 Å². The molecule has 0 aromatic heterocycles. The quantitative estimate of drug-likeness (QED) is 0.361. The van der Waals surface area contributed by atoms with Crippen molar-refractivity contribution < 1.29 is 45.2 Å². The van der Waals surface area contributed by atoms with Gasteiger partial charge in [0.25, 0.3) is 0 Å². The van der Waals surface area contributed by atoms with E-state index in [1.165, 1.54) is 29.6 Å². The number of rotatable bonds is 6. The molecule has 0 saturated heterocycles. The molecule has 2 aromatic carbocycles. The molecular formula is C34H48Cl2SiZr. The van der Waals surface area contributed by atoms with Crippen LogP contribution in [0.15, 0.2) is 51.8 Å². The van der Waals surface area contributed by atoms with E-state index >= 15 is 0 Å². The Labute approximate surface area is 254 Å². The summed E-state index contributed by atoms with van der Waals surface area (Å²) in [6, 6.07) is 15.4. The first kappa shape index (κ1) is 33.8. The van der Waals surface area contributed by atoms with Gasteiger partial charge in [0.1, 0.15) is 0 Å². The fraction of sp³-hybridized carbons (Fsp3) is 0.529. The zero-order valence-electron chi connectivity index (χ0n) is 25.4. The third-order valence-corrected chi connectivity index (χ3v) is 27.8. The van der Waals surface area contributed by atoms with Gasteiger partial charge < -0.3 is 24.8 Å². The smallest absolute Gasteiger partial charge is 1.00 e. The van der Waals surface area contributed by atoms with Crippen LogP contribution >= 0.6 is 0 Å². The van der Waals surface area contributed by atoms with Crippen LogP contribution in [0, 0.1) is 11.8 Å². The molecule has 0 N–H and O–H groups in total. The Bertz CT molecular complexity index is 1240. The van der Waals surface area contributed by atoms with Gasteiger partial charge in [0, 0.05) is 0 Å². The maximum absolute atomic E-state index is 2.56. The minimum Gasteiger partial charge on any atom is -1.00 e. The van der Waals surface area contributed by atoms with Crippen molar-refractivity contribution in [1.29, 1.82) is 0 Å². The number of hydrogen-bond acceptors (Lipinski definition) is 0. The zero-order valence-corrected chi connectivity index (χ0v) is 30.3. The van der Waals surface area contributed by atoms with E-state index in [9.17, 15) is 0 Å². The zero-order chi connectivity index (χ0) is 26.4. The van der Waals surface area contributed by atoms with Gasteiger partial charge in [0.15, 0.2) is 0 Å². The third-order valence-electron chi connectivity index (χ3n) is 7.75. The Morgan fingerprint density at radius 1 is 0.816 bits per heavy atom. The van der Waals surface area contributed by atoms with E-state index in [4.69, 9.17) is 0 Å². The molecule has 2 aliphatic carbocycles. The summed E-state index contributed by atoms with van der Waals surface area (Å²) in [6.07, 6.45) is 9.71. The van der Waals surface area contributed by atoms with E-state index < -0.39 is 25.8 Å². The number of halogens is 2. The van der Waals surface area contributed by atoms with Gasteiger partial charge >= 0.3 is 231 Å². The molecule has 206 valence electrons. The Hall–Kier alpha value is -0.400. The molecule has 0 aliphatic heterocycles. The van der Waals surface area contributed by atoms with Gasteiger partial charge in [-0.15, -0.1) is 0 Å². The standard InChI is InChI=1S/C21H25.C8H18Si.C5H5.2ClH.Zr/c1-20(2,3)16-7-9-18-14(12-16)11-15-13-17(21(4,5)6)8-10-19(15)18;1-7(2)5-9-6-8(3)4;1-2-4-5-3-1;;;/h7-10,12H,11H2,1-6H3;7-8H,5-6H2,1-4H3;1-3H,4H2;2*1H;/q;;;;;+2/p-2. The van der Waals surface area contributed by atoms with Crippen LogP contribution in [-0.2, 0) is 37.6 Å². The molecule has 38 heavy (non-hydrogen) atoms. The van der Waals surface area contributed by atoms with Gasteiger partial charge in [0.2, 0.25) is 0 Å². The normalized spacial score (nSPS) is 13.9. The van der Waals surface area contributed by atoms with Crippen LogP contribution in [0.3, 0.4) is 0 Å². The van der Waals surface area contributed by atoms with Crippen LogP contribution in [-0.4, -0.2) is 5.43 Å². The molecule has 2 aliphatic rings. The van der Waals surface area contributed by atoms with E-state index in [0.29, 0.717) is 0 Å². The first-order chi connectivity index (χ1) is 16.8. The summed E-state index contributed by atoms with van der Waals surface area (Å²) in [6.45, 7) is 24.3. The molecule has 0 bridgehead atoms. The maximum atomic E-state index is 2.56. The minimum absolute atomic E-state index is 0. The Morgan fingerprint density at radius 3 is 1.92 bits per heavy atom. The summed E-state index contributed by atoms with van der Waals surface area (Å²) in [5.74, 6) is 1.59. The predicted octanol–water partition coefficient (Wildman–Crippen LogP) is 3.25. The third kappa shape index (κ3) is 7.26. The van der Waals surface area contributed by atoms with Crippen molar-refractivity contribution in [3.63, 3.8) is 0 Å². The van der Waals surface area contributed by atoms with Crippen molar-refractivity contribution in [2.24, 2.45) is 11.8 Å². The summed E-state index contributed by atoms with van der Waals surface area (Å²) in [7, 11) is 0. The fourth-order valence-corrected chi connectivity index (χ4v) is 32.6. The predicted molar refractivity (Wildman–Crippen MR) is 159 cm³/mol. The Morgan fingerprint density at radius 2 is 1.42 bits per heavy atom. The average molecular weight is 647 g/mol. The number of allylic oxidation sites excluding steroid dienone is 4.